The zero-order chi connectivity index (χ0) is 18.4. The summed E-state index contributed by atoms with van der Waals surface area (Å²) in [6.45, 7) is 3.71. The molecule has 0 radical (unpaired) electrons. The highest BCUT2D eigenvalue weighted by molar-refractivity contribution is 5.94. The van der Waals surface area contributed by atoms with E-state index in [1.165, 1.54) is 18.3 Å². The van der Waals surface area contributed by atoms with Gasteiger partial charge in [0.15, 0.2) is 0 Å². The molecule has 0 fully saturated rings. The minimum atomic E-state index is -4.64. The number of rotatable bonds is 2. The maximum Gasteiger partial charge on any atom is 0.433 e. The fraction of sp³-hybridized carbons (Fsp3) is 0.222. The summed E-state index contributed by atoms with van der Waals surface area (Å²) in [7, 11) is 0. The average Bonchev–Trinajstić information content (AvgIpc) is 2.53. The van der Waals surface area contributed by atoms with E-state index in [4.69, 9.17) is 0 Å². The van der Waals surface area contributed by atoms with Gasteiger partial charge < -0.3 is 5.11 Å². The van der Waals surface area contributed by atoms with Gasteiger partial charge in [0.25, 0.3) is 0 Å². The van der Waals surface area contributed by atoms with E-state index in [9.17, 15) is 22.7 Å². The van der Waals surface area contributed by atoms with Crippen molar-refractivity contribution < 1.29 is 22.7 Å². The maximum atomic E-state index is 14.0. The first-order valence-electron chi connectivity index (χ1n) is 7.54. The molecule has 0 aliphatic carbocycles. The first-order chi connectivity index (χ1) is 11.7. The zero-order valence-corrected chi connectivity index (χ0v) is 13.4. The van der Waals surface area contributed by atoms with Crippen LogP contribution in [0.5, 0.6) is 5.75 Å². The molecule has 0 bridgehead atoms. The molecule has 25 heavy (non-hydrogen) atoms. The van der Waals surface area contributed by atoms with Crippen molar-refractivity contribution in [3.63, 3.8) is 0 Å². The lowest BCUT2D eigenvalue weighted by Crippen LogP contribution is -2.08. The molecule has 0 saturated carbocycles. The number of fused-ring (bicyclic) bond motifs is 1. The number of aromatic hydroxyl groups is 1. The molecule has 0 atom stereocenters. The molecule has 3 nitrogen and oxygen atoms in total. The van der Waals surface area contributed by atoms with E-state index in [1.807, 2.05) is 13.8 Å². The second kappa shape index (κ2) is 5.98. The van der Waals surface area contributed by atoms with Crippen molar-refractivity contribution in [1.29, 1.82) is 0 Å². The van der Waals surface area contributed by atoms with Crippen molar-refractivity contribution in [2.24, 2.45) is 0 Å². The maximum absolute atomic E-state index is 14.0. The molecule has 0 amide bonds. The number of nitrogens with zero attached hydrogens (tertiary/aromatic N) is 2. The molecule has 0 aliphatic rings. The SMILES string of the molecule is CC(C)c1ncc(-c2ccc(F)c3ccc(C(F)(F)F)nc23)cc1O. The summed E-state index contributed by atoms with van der Waals surface area (Å²) in [4.78, 5) is 7.76. The van der Waals surface area contributed by atoms with Gasteiger partial charge in [-0.1, -0.05) is 13.8 Å². The van der Waals surface area contributed by atoms with Gasteiger partial charge in [-0.2, -0.15) is 13.2 Å². The second-order valence-electron chi connectivity index (χ2n) is 5.97. The number of pyridine rings is 2. The normalized spacial score (nSPS) is 12.1. The van der Waals surface area contributed by atoms with Gasteiger partial charge in [0.1, 0.15) is 17.3 Å². The Morgan fingerprint density at radius 1 is 1.08 bits per heavy atom. The third kappa shape index (κ3) is 3.14. The fourth-order valence-corrected chi connectivity index (χ4v) is 2.63. The molecule has 1 aromatic carbocycles. The second-order valence-corrected chi connectivity index (χ2v) is 5.97. The Bertz CT molecular complexity index is 952. The number of benzene rings is 1. The molecule has 130 valence electrons. The van der Waals surface area contributed by atoms with Crippen molar-refractivity contribution >= 4 is 10.9 Å². The Hall–Kier alpha value is -2.70. The van der Waals surface area contributed by atoms with Gasteiger partial charge in [-0.3, -0.25) is 4.98 Å². The van der Waals surface area contributed by atoms with Crippen molar-refractivity contribution in [3.05, 3.63) is 53.7 Å². The van der Waals surface area contributed by atoms with Gasteiger partial charge in [0.2, 0.25) is 0 Å². The Kier molecular flexibility index (Phi) is 4.10. The summed E-state index contributed by atoms with van der Waals surface area (Å²) < 4.78 is 52.8. The minimum Gasteiger partial charge on any atom is -0.506 e. The smallest absolute Gasteiger partial charge is 0.433 e. The zero-order valence-electron chi connectivity index (χ0n) is 13.4. The van der Waals surface area contributed by atoms with Crippen LogP contribution in [0.4, 0.5) is 17.6 Å². The predicted molar refractivity (Wildman–Crippen MR) is 85.7 cm³/mol. The van der Waals surface area contributed by atoms with Crippen LogP contribution in [0.3, 0.4) is 0 Å². The van der Waals surface area contributed by atoms with E-state index in [1.54, 1.807) is 0 Å². The van der Waals surface area contributed by atoms with E-state index in [-0.39, 0.29) is 28.1 Å². The number of hydrogen-bond donors (Lipinski definition) is 1. The lowest BCUT2D eigenvalue weighted by molar-refractivity contribution is -0.140. The summed E-state index contributed by atoms with van der Waals surface area (Å²) >= 11 is 0. The molecule has 0 aliphatic heterocycles. The van der Waals surface area contributed by atoms with E-state index in [0.29, 0.717) is 11.3 Å². The van der Waals surface area contributed by atoms with Crippen LogP contribution in [-0.2, 0) is 6.18 Å². The van der Waals surface area contributed by atoms with Crippen LogP contribution in [-0.4, -0.2) is 15.1 Å². The molecule has 2 aromatic heterocycles. The van der Waals surface area contributed by atoms with Crippen molar-refractivity contribution in [2.45, 2.75) is 25.9 Å². The first-order valence-corrected chi connectivity index (χ1v) is 7.54. The number of hydrogen-bond acceptors (Lipinski definition) is 3. The average molecular weight is 350 g/mol. The third-order valence-electron chi connectivity index (χ3n) is 3.85. The van der Waals surface area contributed by atoms with Gasteiger partial charge in [0, 0.05) is 22.7 Å². The van der Waals surface area contributed by atoms with Crippen LogP contribution in [0.25, 0.3) is 22.0 Å². The lowest BCUT2D eigenvalue weighted by atomic mass is 10.0. The number of alkyl halides is 3. The molecule has 0 unspecified atom stereocenters. The van der Waals surface area contributed by atoms with Crippen LogP contribution in [0.2, 0.25) is 0 Å². The monoisotopic (exact) mass is 350 g/mol. The molecular formula is C18H14F4N2O. The lowest BCUT2D eigenvalue weighted by Gasteiger charge is -2.12. The standard InChI is InChI=1S/C18H14F4N2O/c1-9(2)16-14(25)7-10(8-23-16)11-3-5-13(19)12-4-6-15(18(20,21)22)24-17(11)12/h3-9,25H,1-2H3. The summed E-state index contributed by atoms with van der Waals surface area (Å²) in [6, 6.07) is 5.68. The first kappa shape index (κ1) is 17.1. The molecule has 3 aromatic rings. The Labute approximate surface area is 141 Å². The van der Waals surface area contributed by atoms with Crippen LogP contribution >= 0.6 is 0 Å². The number of halogens is 4. The fourth-order valence-electron chi connectivity index (χ4n) is 2.63. The van der Waals surface area contributed by atoms with E-state index >= 15 is 0 Å². The van der Waals surface area contributed by atoms with Crippen LogP contribution < -0.4 is 0 Å². The van der Waals surface area contributed by atoms with E-state index < -0.39 is 17.7 Å². The summed E-state index contributed by atoms with van der Waals surface area (Å²) in [5.41, 5.74) is -0.144. The largest absolute Gasteiger partial charge is 0.506 e. The molecule has 3 rings (SSSR count). The van der Waals surface area contributed by atoms with Crippen LogP contribution in [0.1, 0.15) is 31.2 Å². The summed E-state index contributed by atoms with van der Waals surface area (Å²) in [5, 5.41) is 10.1. The van der Waals surface area contributed by atoms with Gasteiger partial charge in [-0.05, 0) is 36.2 Å². The Morgan fingerprint density at radius 3 is 2.40 bits per heavy atom. The van der Waals surface area contributed by atoms with Crippen molar-refractivity contribution in [3.8, 4) is 16.9 Å². The summed E-state index contributed by atoms with van der Waals surface area (Å²) in [6.07, 6.45) is -3.21. The topological polar surface area (TPSA) is 46.0 Å². The molecule has 7 heteroatoms. The van der Waals surface area contributed by atoms with Gasteiger partial charge in [-0.25, -0.2) is 9.37 Å². The predicted octanol–water partition coefficient (Wildman–Crippen LogP) is 5.28. The van der Waals surface area contributed by atoms with Gasteiger partial charge in [0.05, 0.1) is 11.2 Å². The number of aromatic nitrogens is 2. The molecule has 2 heterocycles. The Morgan fingerprint density at radius 2 is 1.80 bits per heavy atom. The molecule has 0 spiro atoms. The molecular weight excluding hydrogens is 336 g/mol. The minimum absolute atomic E-state index is 0.0195. The van der Waals surface area contributed by atoms with E-state index in [2.05, 4.69) is 9.97 Å². The van der Waals surface area contributed by atoms with Gasteiger partial charge in [-0.15, -0.1) is 0 Å². The van der Waals surface area contributed by atoms with E-state index in [0.717, 1.165) is 18.2 Å². The highest BCUT2D eigenvalue weighted by Gasteiger charge is 2.33. The van der Waals surface area contributed by atoms with Crippen LogP contribution in [0, 0.1) is 5.82 Å². The van der Waals surface area contributed by atoms with Crippen molar-refractivity contribution in [2.75, 3.05) is 0 Å². The van der Waals surface area contributed by atoms with Crippen molar-refractivity contribution in [1.82, 2.24) is 9.97 Å². The highest BCUT2D eigenvalue weighted by atomic mass is 19.4. The van der Waals surface area contributed by atoms with Crippen LogP contribution in [0.15, 0.2) is 36.5 Å². The third-order valence-corrected chi connectivity index (χ3v) is 3.85. The summed E-state index contributed by atoms with van der Waals surface area (Å²) in [5.74, 6) is -0.762. The Balaban J connectivity index is 2.25. The quantitative estimate of drug-likeness (QED) is 0.639. The highest BCUT2D eigenvalue weighted by Crippen LogP contribution is 2.35. The van der Waals surface area contributed by atoms with Gasteiger partial charge >= 0.3 is 6.18 Å². The molecule has 0 saturated heterocycles. The molecule has 1 N–H and O–H groups in total.